The summed E-state index contributed by atoms with van der Waals surface area (Å²) in [5.74, 6) is -0.251. The minimum Gasteiger partial charge on any atom is -0.451 e. The molecular formula is C23H22N2O3S. The number of hydrogen-bond acceptors (Lipinski definition) is 5. The van der Waals surface area contributed by atoms with Gasteiger partial charge in [-0.15, -0.1) is 11.3 Å². The fraction of sp³-hybridized carbons (Fsp3) is 0.261. The lowest BCUT2D eigenvalue weighted by molar-refractivity contribution is -0.124. The van der Waals surface area contributed by atoms with Crippen molar-refractivity contribution in [3.05, 3.63) is 65.5 Å². The molecule has 1 heterocycles. The largest absolute Gasteiger partial charge is 0.451 e. The highest BCUT2D eigenvalue weighted by atomic mass is 32.1. The van der Waals surface area contributed by atoms with Crippen molar-refractivity contribution in [1.82, 2.24) is 10.3 Å². The van der Waals surface area contributed by atoms with Crippen molar-refractivity contribution in [2.45, 2.75) is 25.8 Å². The Morgan fingerprint density at radius 2 is 1.69 bits per heavy atom. The Balaban J connectivity index is 1.53. The van der Waals surface area contributed by atoms with Gasteiger partial charge in [0.2, 0.25) is 0 Å². The minimum absolute atomic E-state index is 0.120. The van der Waals surface area contributed by atoms with Crippen LogP contribution in [-0.2, 0) is 9.53 Å². The van der Waals surface area contributed by atoms with Crippen LogP contribution in [-0.4, -0.2) is 29.5 Å². The standard InChI is InChI=1S/C23H22N2O3S/c1-15(16-12-13-16)24-19(26)14-28-23(27)21-20(17-8-4-2-5-9-17)25-22(29-21)18-10-6-3-7-11-18/h2-11,15-16H,12-14H2,1H3,(H,24,26)/t15-/m0/s1. The van der Waals surface area contributed by atoms with Gasteiger partial charge in [0.15, 0.2) is 6.61 Å². The molecule has 0 spiro atoms. The second-order valence-electron chi connectivity index (χ2n) is 7.20. The Labute approximate surface area is 173 Å². The van der Waals surface area contributed by atoms with Gasteiger partial charge in [0.25, 0.3) is 5.91 Å². The zero-order valence-corrected chi connectivity index (χ0v) is 16.9. The van der Waals surface area contributed by atoms with E-state index in [4.69, 9.17) is 9.72 Å². The van der Waals surface area contributed by atoms with E-state index in [1.54, 1.807) is 0 Å². The van der Waals surface area contributed by atoms with E-state index >= 15 is 0 Å². The molecule has 1 aliphatic rings. The van der Waals surface area contributed by atoms with Gasteiger partial charge in [-0.1, -0.05) is 60.7 Å². The van der Waals surface area contributed by atoms with Crippen molar-refractivity contribution < 1.29 is 14.3 Å². The van der Waals surface area contributed by atoms with Crippen molar-refractivity contribution in [1.29, 1.82) is 0 Å². The number of carbonyl (C=O) groups excluding carboxylic acids is 2. The van der Waals surface area contributed by atoms with Crippen LogP contribution in [0.25, 0.3) is 21.8 Å². The maximum absolute atomic E-state index is 12.8. The van der Waals surface area contributed by atoms with E-state index in [0.717, 1.165) is 29.0 Å². The zero-order valence-electron chi connectivity index (χ0n) is 16.1. The SMILES string of the molecule is C[C@H](NC(=O)COC(=O)c1sc(-c2ccccc2)nc1-c1ccccc1)C1CC1. The number of nitrogens with one attached hydrogen (secondary N) is 1. The normalized spacial score (nSPS) is 14.2. The molecule has 1 amide bonds. The predicted octanol–water partition coefficient (Wildman–Crippen LogP) is 4.55. The molecule has 0 unspecified atom stereocenters. The summed E-state index contributed by atoms with van der Waals surface area (Å²) >= 11 is 1.28. The summed E-state index contributed by atoms with van der Waals surface area (Å²) in [5.41, 5.74) is 2.35. The number of aromatic nitrogens is 1. The number of rotatable bonds is 7. The molecule has 1 atom stereocenters. The lowest BCUT2D eigenvalue weighted by Gasteiger charge is -2.12. The van der Waals surface area contributed by atoms with Crippen molar-refractivity contribution in [2.24, 2.45) is 5.92 Å². The van der Waals surface area contributed by atoms with Gasteiger partial charge < -0.3 is 10.1 Å². The average Bonchev–Trinajstić information content (AvgIpc) is 3.51. The summed E-state index contributed by atoms with van der Waals surface area (Å²) < 4.78 is 5.32. The third-order valence-corrected chi connectivity index (χ3v) is 6.02. The van der Waals surface area contributed by atoms with E-state index in [0.29, 0.717) is 16.5 Å². The summed E-state index contributed by atoms with van der Waals surface area (Å²) in [7, 11) is 0. The third kappa shape index (κ3) is 4.71. The number of carbonyl (C=O) groups is 2. The van der Waals surface area contributed by atoms with Gasteiger partial charge in [0.05, 0.1) is 5.69 Å². The first-order valence-corrected chi connectivity index (χ1v) is 10.5. The summed E-state index contributed by atoms with van der Waals surface area (Å²) in [5, 5.41) is 3.64. The Kier molecular flexibility index (Phi) is 5.71. The highest BCUT2D eigenvalue weighted by molar-refractivity contribution is 7.17. The zero-order chi connectivity index (χ0) is 20.2. The van der Waals surface area contributed by atoms with Gasteiger partial charge in [0.1, 0.15) is 9.88 Å². The topological polar surface area (TPSA) is 68.3 Å². The van der Waals surface area contributed by atoms with Crippen LogP contribution in [0.4, 0.5) is 0 Å². The summed E-state index contributed by atoms with van der Waals surface area (Å²) in [6.07, 6.45) is 2.29. The molecule has 5 nitrogen and oxygen atoms in total. The maximum Gasteiger partial charge on any atom is 0.351 e. The summed E-state index contributed by atoms with van der Waals surface area (Å²) in [6.45, 7) is 1.70. The van der Waals surface area contributed by atoms with Crippen LogP contribution in [0.5, 0.6) is 0 Å². The van der Waals surface area contributed by atoms with E-state index in [1.165, 1.54) is 11.3 Å². The highest BCUT2D eigenvalue weighted by Gasteiger charge is 2.29. The van der Waals surface area contributed by atoms with Crippen LogP contribution in [0.3, 0.4) is 0 Å². The Hall–Kier alpha value is -2.99. The highest BCUT2D eigenvalue weighted by Crippen LogP contribution is 2.34. The van der Waals surface area contributed by atoms with Gasteiger partial charge in [-0.25, -0.2) is 9.78 Å². The molecule has 0 bridgehead atoms. The van der Waals surface area contributed by atoms with Crippen LogP contribution in [0.2, 0.25) is 0 Å². The average molecular weight is 407 g/mol. The van der Waals surface area contributed by atoms with E-state index in [9.17, 15) is 9.59 Å². The Bertz CT molecular complexity index is 997. The second-order valence-corrected chi connectivity index (χ2v) is 8.20. The van der Waals surface area contributed by atoms with Gasteiger partial charge in [-0.3, -0.25) is 4.79 Å². The van der Waals surface area contributed by atoms with Crippen LogP contribution in [0.15, 0.2) is 60.7 Å². The molecule has 6 heteroatoms. The summed E-state index contributed by atoms with van der Waals surface area (Å²) in [6, 6.07) is 19.4. The molecular weight excluding hydrogens is 384 g/mol. The van der Waals surface area contributed by atoms with Crippen LogP contribution in [0.1, 0.15) is 29.4 Å². The van der Waals surface area contributed by atoms with Crippen molar-refractivity contribution >= 4 is 23.2 Å². The fourth-order valence-electron chi connectivity index (χ4n) is 3.16. The Morgan fingerprint density at radius 3 is 2.31 bits per heavy atom. The van der Waals surface area contributed by atoms with E-state index in [2.05, 4.69) is 5.32 Å². The molecule has 3 aromatic rings. The number of esters is 1. The summed E-state index contributed by atoms with van der Waals surface area (Å²) in [4.78, 5) is 30.0. The second kappa shape index (κ2) is 8.57. The number of hydrogen-bond donors (Lipinski definition) is 1. The van der Waals surface area contributed by atoms with Crippen LogP contribution >= 0.6 is 11.3 Å². The Morgan fingerprint density at radius 1 is 1.07 bits per heavy atom. The van der Waals surface area contributed by atoms with Crippen molar-refractivity contribution in [2.75, 3.05) is 6.61 Å². The maximum atomic E-state index is 12.8. The molecule has 1 aromatic heterocycles. The molecule has 2 aromatic carbocycles. The number of ether oxygens (including phenoxy) is 1. The first-order valence-electron chi connectivity index (χ1n) is 9.70. The first-order chi connectivity index (χ1) is 14.1. The monoisotopic (exact) mass is 406 g/mol. The quantitative estimate of drug-likeness (QED) is 0.585. The molecule has 1 aliphatic carbocycles. The molecule has 1 fully saturated rings. The predicted molar refractivity (Wildman–Crippen MR) is 114 cm³/mol. The van der Waals surface area contributed by atoms with Gasteiger partial charge in [0, 0.05) is 17.2 Å². The van der Waals surface area contributed by atoms with Gasteiger partial charge >= 0.3 is 5.97 Å². The first kappa shape index (κ1) is 19.3. The number of nitrogens with zero attached hydrogens (tertiary/aromatic N) is 1. The molecule has 4 rings (SSSR count). The number of benzene rings is 2. The van der Waals surface area contributed by atoms with E-state index in [1.807, 2.05) is 67.6 Å². The third-order valence-electron chi connectivity index (χ3n) is 4.93. The van der Waals surface area contributed by atoms with Crippen molar-refractivity contribution in [3.8, 4) is 21.8 Å². The lowest BCUT2D eigenvalue weighted by Crippen LogP contribution is -2.37. The molecule has 0 saturated heterocycles. The van der Waals surface area contributed by atoms with E-state index < -0.39 is 5.97 Å². The molecule has 0 aliphatic heterocycles. The minimum atomic E-state index is -0.530. The number of thiazole rings is 1. The molecule has 29 heavy (non-hydrogen) atoms. The fourth-order valence-corrected chi connectivity index (χ4v) is 4.15. The molecule has 148 valence electrons. The molecule has 0 radical (unpaired) electrons. The van der Waals surface area contributed by atoms with E-state index in [-0.39, 0.29) is 18.6 Å². The van der Waals surface area contributed by atoms with Gasteiger partial charge in [-0.2, -0.15) is 0 Å². The van der Waals surface area contributed by atoms with Gasteiger partial charge in [-0.05, 0) is 25.7 Å². The smallest absolute Gasteiger partial charge is 0.351 e. The molecule has 1 saturated carbocycles. The molecule has 1 N–H and O–H groups in total. The number of amides is 1. The van der Waals surface area contributed by atoms with Crippen molar-refractivity contribution in [3.63, 3.8) is 0 Å². The van der Waals surface area contributed by atoms with Crippen LogP contribution < -0.4 is 5.32 Å². The lowest BCUT2D eigenvalue weighted by atomic mass is 10.1. The van der Waals surface area contributed by atoms with Crippen LogP contribution in [0, 0.1) is 5.92 Å².